The van der Waals surface area contributed by atoms with Crippen LogP contribution in [0.2, 0.25) is 0 Å². The zero-order valence-corrected chi connectivity index (χ0v) is 11.8. The average molecular weight is 283 g/mol. The number of hydrogen-bond donors (Lipinski definition) is 0. The van der Waals surface area contributed by atoms with Gasteiger partial charge in [-0.2, -0.15) is 0 Å². The molecule has 1 aliphatic rings. The Morgan fingerprint density at radius 2 is 2.12 bits per heavy atom. The predicted molar refractivity (Wildman–Crippen MR) is 71.2 cm³/mol. The third-order valence-electron chi connectivity index (χ3n) is 3.49. The first-order valence-corrected chi connectivity index (χ1v) is 6.80. The zero-order chi connectivity index (χ0) is 11.8. The van der Waals surface area contributed by atoms with Gasteiger partial charge < -0.3 is 4.74 Å². The van der Waals surface area contributed by atoms with Crippen molar-refractivity contribution in [1.82, 2.24) is 0 Å². The molecule has 0 saturated carbocycles. The monoisotopic (exact) mass is 282 g/mol. The smallest absolute Gasteiger partial charge is 0.0820 e. The van der Waals surface area contributed by atoms with Crippen LogP contribution in [-0.4, -0.2) is 12.2 Å². The summed E-state index contributed by atoms with van der Waals surface area (Å²) in [6.45, 7) is 7.41. The Kier molecular flexibility index (Phi) is 3.41. The van der Waals surface area contributed by atoms with Crippen LogP contribution in [0.5, 0.6) is 0 Å². The molecule has 1 saturated heterocycles. The summed E-state index contributed by atoms with van der Waals surface area (Å²) >= 11 is 3.83. The molecule has 0 amide bonds. The molecule has 2 unspecified atom stereocenters. The summed E-state index contributed by atoms with van der Waals surface area (Å²) < 4.78 is 5.90. The van der Waals surface area contributed by atoms with Crippen LogP contribution >= 0.6 is 15.9 Å². The topological polar surface area (TPSA) is 9.23 Å². The van der Waals surface area contributed by atoms with Gasteiger partial charge in [-0.25, -0.2) is 0 Å². The maximum absolute atomic E-state index is 5.90. The van der Waals surface area contributed by atoms with E-state index in [1.54, 1.807) is 0 Å². The lowest BCUT2D eigenvalue weighted by molar-refractivity contribution is 0.0196. The lowest BCUT2D eigenvalue weighted by atomic mass is 9.90. The summed E-state index contributed by atoms with van der Waals surface area (Å²) in [4.78, 5) is 0.294. The zero-order valence-electron chi connectivity index (χ0n) is 10.2. The van der Waals surface area contributed by atoms with Crippen molar-refractivity contribution in [3.05, 3.63) is 34.9 Å². The fraction of sp³-hybridized carbons (Fsp3) is 0.571. The second-order valence-corrected chi connectivity index (χ2v) is 5.90. The number of aryl methyl sites for hydroxylation is 2. The molecule has 1 aromatic rings. The molecule has 1 aliphatic heterocycles. The van der Waals surface area contributed by atoms with Crippen molar-refractivity contribution in [3.8, 4) is 0 Å². The highest BCUT2D eigenvalue weighted by Gasteiger charge is 2.38. The molecule has 2 atom stereocenters. The van der Waals surface area contributed by atoms with E-state index in [9.17, 15) is 0 Å². The molecule has 0 aliphatic carbocycles. The number of halogens is 1. The highest BCUT2D eigenvalue weighted by molar-refractivity contribution is 9.09. The van der Waals surface area contributed by atoms with Crippen molar-refractivity contribution in [2.45, 2.75) is 44.0 Å². The van der Waals surface area contributed by atoms with Gasteiger partial charge in [0.05, 0.1) is 10.4 Å². The second-order valence-electron chi connectivity index (χ2n) is 4.99. The number of rotatable bonds is 2. The Morgan fingerprint density at radius 3 is 2.75 bits per heavy atom. The van der Waals surface area contributed by atoms with Gasteiger partial charge in [0.2, 0.25) is 0 Å². The van der Waals surface area contributed by atoms with Crippen LogP contribution in [0.25, 0.3) is 0 Å². The second kappa shape index (κ2) is 4.50. The van der Waals surface area contributed by atoms with Gasteiger partial charge >= 0.3 is 0 Å². The van der Waals surface area contributed by atoms with Gasteiger partial charge in [0.25, 0.3) is 0 Å². The minimum absolute atomic E-state index is 0.0431. The highest BCUT2D eigenvalue weighted by atomic mass is 79.9. The molecule has 1 nitrogen and oxygen atoms in total. The summed E-state index contributed by atoms with van der Waals surface area (Å²) in [5, 5.41) is 0. The van der Waals surface area contributed by atoms with E-state index in [-0.39, 0.29) is 5.60 Å². The van der Waals surface area contributed by atoms with Crippen molar-refractivity contribution in [1.29, 1.82) is 0 Å². The van der Waals surface area contributed by atoms with Crippen molar-refractivity contribution < 1.29 is 4.74 Å². The largest absolute Gasteiger partial charge is 0.374 e. The summed E-state index contributed by atoms with van der Waals surface area (Å²) in [7, 11) is 0. The van der Waals surface area contributed by atoms with Crippen molar-refractivity contribution in [3.63, 3.8) is 0 Å². The van der Waals surface area contributed by atoms with Crippen LogP contribution in [0, 0.1) is 13.8 Å². The van der Waals surface area contributed by atoms with E-state index in [2.05, 4.69) is 54.9 Å². The van der Waals surface area contributed by atoms with Crippen molar-refractivity contribution in [2.24, 2.45) is 0 Å². The number of ether oxygens (including phenoxy) is 1. The fourth-order valence-corrected chi connectivity index (χ4v) is 3.22. The van der Waals surface area contributed by atoms with Crippen LogP contribution in [0.4, 0.5) is 0 Å². The van der Waals surface area contributed by atoms with Crippen LogP contribution < -0.4 is 0 Å². The first-order chi connectivity index (χ1) is 7.53. The molecule has 0 radical (unpaired) electrons. The Bertz CT molecular complexity index is 380. The van der Waals surface area contributed by atoms with E-state index in [1.165, 1.54) is 23.1 Å². The third kappa shape index (κ3) is 2.18. The van der Waals surface area contributed by atoms with E-state index in [1.807, 2.05) is 0 Å². The molecule has 0 N–H and O–H groups in total. The molecule has 2 heteroatoms. The molecule has 1 heterocycles. The van der Waals surface area contributed by atoms with Gasteiger partial charge in [0.1, 0.15) is 0 Å². The summed E-state index contributed by atoms with van der Waals surface area (Å²) in [5.74, 6) is 0. The van der Waals surface area contributed by atoms with E-state index < -0.39 is 0 Å². The SMILES string of the molecule is Cc1ccc(C)c(C(Br)C2(C)CCCO2)c1. The average Bonchev–Trinajstić information content (AvgIpc) is 2.69. The molecule has 16 heavy (non-hydrogen) atoms. The standard InChI is InChI=1S/C14H19BrO/c1-10-5-6-11(2)12(9-10)13(15)14(3)7-4-8-16-14/h5-6,9,13H,4,7-8H2,1-3H3. The molecule has 88 valence electrons. The van der Waals surface area contributed by atoms with Gasteiger partial charge in [-0.05, 0) is 44.7 Å². The maximum atomic E-state index is 5.90. The van der Waals surface area contributed by atoms with Crippen LogP contribution in [0.15, 0.2) is 18.2 Å². The van der Waals surface area contributed by atoms with Crippen LogP contribution in [0.3, 0.4) is 0 Å². The Labute approximate surface area is 106 Å². The highest BCUT2D eigenvalue weighted by Crippen LogP contribution is 2.44. The molecule has 1 aromatic carbocycles. The summed E-state index contributed by atoms with van der Waals surface area (Å²) in [5.41, 5.74) is 3.97. The van der Waals surface area contributed by atoms with E-state index in [4.69, 9.17) is 4.74 Å². The maximum Gasteiger partial charge on any atom is 0.0820 e. The normalized spacial score (nSPS) is 27.0. The quantitative estimate of drug-likeness (QED) is 0.735. The van der Waals surface area contributed by atoms with Crippen molar-refractivity contribution >= 4 is 15.9 Å². The molecular weight excluding hydrogens is 264 g/mol. The van der Waals surface area contributed by atoms with Gasteiger partial charge in [-0.15, -0.1) is 0 Å². The molecule has 0 bridgehead atoms. The molecule has 1 fully saturated rings. The Balaban J connectivity index is 2.32. The summed E-state index contributed by atoms with van der Waals surface area (Å²) in [6.07, 6.45) is 2.31. The fourth-order valence-electron chi connectivity index (χ4n) is 2.36. The molecule has 2 rings (SSSR count). The van der Waals surface area contributed by atoms with Crippen LogP contribution in [-0.2, 0) is 4.74 Å². The first kappa shape index (κ1) is 12.1. The van der Waals surface area contributed by atoms with E-state index in [0.29, 0.717) is 4.83 Å². The first-order valence-electron chi connectivity index (χ1n) is 5.88. The number of benzene rings is 1. The number of hydrogen-bond acceptors (Lipinski definition) is 1. The van der Waals surface area contributed by atoms with Gasteiger partial charge in [-0.1, -0.05) is 39.7 Å². The minimum Gasteiger partial charge on any atom is -0.374 e. The van der Waals surface area contributed by atoms with Crippen molar-refractivity contribution in [2.75, 3.05) is 6.61 Å². The third-order valence-corrected chi connectivity index (χ3v) is 4.95. The van der Waals surface area contributed by atoms with Gasteiger partial charge in [0.15, 0.2) is 0 Å². The minimum atomic E-state index is -0.0431. The van der Waals surface area contributed by atoms with E-state index in [0.717, 1.165) is 13.0 Å². The number of alkyl halides is 1. The van der Waals surface area contributed by atoms with E-state index >= 15 is 0 Å². The predicted octanol–water partition coefficient (Wildman–Crippen LogP) is 4.31. The Hall–Kier alpha value is -0.340. The summed E-state index contributed by atoms with van der Waals surface area (Å²) in [6, 6.07) is 6.62. The van der Waals surface area contributed by atoms with Gasteiger partial charge in [-0.3, -0.25) is 0 Å². The Morgan fingerprint density at radius 1 is 1.38 bits per heavy atom. The molecule has 0 aromatic heterocycles. The lowest BCUT2D eigenvalue weighted by Gasteiger charge is -2.30. The van der Waals surface area contributed by atoms with Crippen LogP contribution in [0.1, 0.15) is 41.3 Å². The molecular formula is C14H19BrO. The van der Waals surface area contributed by atoms with Gasteiger partial charge in [0, 0.05) is 6.61 Å². The molecule has 0 spiro atoms. The lowest BCUT2D eigenvalue weighted by Crippen LogP contribution is -2.29.